The van der Waals surface area contributed by atoms with E-state index in [1.54, 1.807) is 15.8 Å². The summed E-state index contributed by atoms with van der Waals surface area (Å²) in [5.74, 6) is 0.895. The highest BCUT2D eigenvalue weighted by Gasteiger charge is 2.25. The molecule has 0 atom stereocenters. The van der Waals surface area contributed by atoms with Crippen LogP contribution in [0.2, 0.25) is 0 Å². The minimum absolute atomic E-state index is 0.0513. The van der Waals surface area contributed by atoms with Gasteiger partial charge in [-0.25, -0.2) is 4.98 Å². The highest BCUT2D eigenvalue weighted by Crippen LogP contribution is 2.12. The van der Waals surface area contributed by atoms with Gasteiger partial charge in [-0.3, -0.25) is 9.59 Å². The summed E-state index contributed by atoms with van der Waals surface area (Å²) in [6.45, 7) is 2.80. The molecule has 2 heterocycles. The summed E-state index contributed by atoms with van der Waals surface area (Å²) in [5.41, 5.74) is 2.15. The number of thiazole rings is 1. The van der Waals surface area contributed by atoms with Gasteiger partial charge in [0.05, 0.1) is 12.1 Å². The van der Waals surface area contributed by atoms with Crippen molar-refractivity contribution in [1.29, 1.82) is 0 Å². The molecule has 7 heteroatoms. The number of hydrogen-bond donors (Lipinski definition) is 0. The second-order valence-corrected chi connectivity index (χ2v) is 6.53. The monoisotopic (exact) mass is 359 g/mol. The number of piperazine rings is 1. The molecular formula is C18H21N3O3S. The highest BCUT2D eigenvalue weighted by molar-refractivity contribution is 7.07. The van der Waals surface area contributed by atoms with E-state index in [0.717, 1.165) is 5.75 Å². The number of benzene rings is 1. The lowest BCUT2D eigenvalue weighted by molar-refractivity contribution is -0.132. The summed E-state index contributed by atoms with van der Waals surface area (Å²) in [5, 5.41) is 1.76. The summed E-state index contributed by atoms with van der Waals surface area (Å²) in [6.07, 6.45) is 1.15. The molecule has 0 N–H and O–H groups in total. The molecule has 1 fully saturated rings. The average molecular weight is 359 g/mol. The van der Waals surface area contributed by atoms with Gasteiger partial charge < -0.3 is 14.5 Å². The summed E-state index contributed by atoms with van der Waals surface area (Å²) < 4.78 is 5.60. The van der Waals surface area contributed by atoms with Gasteiger partial charge in [-0.15, -0.1) is 11.3 Å². The quantitative estimate of drug-likeness (QED) is 0.743. The van der Waals surface area contributed by atoms with Gasteiger partial charge in [0.15, 0.2) is 0 Å². The van der Waals surface area contributed by atoms with Crippen molar-refractivity contribution in [3.05, 3.63) is 46.9 Å². The number of rotatable bonds is 6. The Morgan fingerprint density at radius 1 is 1.08 bits per heavy atom. The fraction of sp³-hybridized carbons (Fsp3) is 0.389. The van der Waals surface area contributed by atoms with Gasteiger partial charge in [-0.2, -0.15) is 0 Å². The van der Waals surface area contributed by atoms with E-state index in [9.17, 15) is 9.59 Å². The first-order valence-electron chi connectivity index (χ1n) is 8.37. The zero-order valence-corrected chi connectivity index (χ0v) is 14.8. The zero-order valence-electron chi connectivity index (χ0n) is 14.0. The molecule has 1 aliphatic heterocycles. The smallest absolute Gasteiger partial charge is 0.273 e. The van der Waals surface area contributed by atoms with Crippen molar-refractivity contribution >= 4 is 23.2 Å². The lowest BCUT2D eigenvalue weighted by Crippen LogP contribution is -2.50. The van der Waals surface area contributed by atoms with Gasteiger partial charge in [0, 0.05) is 38.0 Å². The number of para-hydroxylation sites is 1. The van der Waals surface area contributed by atoms with Crippen LogP contribution in [0.15, 0.2) is 41.2 Å². The van der Waals surface area contributed by atoms with E-state index in [2.05, 4.69) is 4.98 Å². The molecule has 132 valence electrons. The normalized spacial score (nSPS) is 14.4. The van der Waals surface area contributed by atoms with Crippen LogP contribution >= 0.6 is 11.3 Å². The summed E-state index contributed by atoms with van der Waals surface area (Å²) in [4.78, 5) is 32.1. The minimum Gasteiger partial charge on any atom is -0.494 e. The van der Waals surface area contributed by atoms with Gasteiger partial charge in [0.25, 0.3) is 5.91 Å². The van der Waals surface area contributed by atoms with Crippen LogP contribution in [-0.2, 0) is 4.79 Å². The van der Waals surface area contributed by atoms with Crippen molar-refractivity contribution < 1.29 is 14.3 Å². The second kappa shape index (κ2) is 8.62. The molecule has 1 aromatic carbocycles. The van der Waals surface area contributed by atoms with Gasteiger partial charge in [0.2, 0.25) is 5.91 Å². The maximum absolute atomic E-state index is 12.3. The number of nitrogens with zero attached hydrogens (tertiary/aromatic N) is 3. The van der Waals surface area contributed by atoms with E-state index in [4.69, 9.17) is 4.74 Å². The molecule has 0 bridgehead atoms. The molecular weight excluding hydrogens is 338 g/mol. The largest absolute Gasteiger partial charge is 0.494 e. The van der Waals surface area contributed by atoms with Crippen molar-refractivity contribution in [2.75, 3.05) is 32.8 Å². The van der Waals surface area contributed by atoms with Crippen LogP contribution in [0.25, 0.3) is 0 Å². The van der Waals surface area contributed by atoms with Crippen LogP contribution in [0.3, 0.4) is 0 Å². The van der Waals surface area contributed by atoms with E-state index in [1.165, 1.54) is 11.3 Å². The lowest BCUT2D eigenvalue weighted by Gasteiger charge is -2.34. The van der Waals surface area contributed by atoms with E-state index in [-0.39, 0.29) is 11.8 Å². The summed E-state index contributed by atoms with van der Waals surface area (Å²) >= 11 is 1.41. The van der Waals surface area contributed by atoms with E-state index >= 15 is 0 Å². The maximum atomic E-state index is 12.3. The molecule has 1 saturated heterocycles. The Morgan fingerprint density at radius 3 is 2.48 bits per heavy atom. The first kappa shape index (κ1) is 17.4. The van der Waals surface area contributed by atoms with Crippen molar-refractivity contribution in [3.8, 4) is 5.75 Å². The molecule has 2 amide bonds. The number of aromatic nitrogens is 1. The lowest BCUT2D eigenvalue weighted by atomic mass is 10.2. The van der Waals surface area contributed by atoms with Gasteiger partial charge in [-0.05, 0) is 18.6 Å². The Morgan fingerprint density at radius 2 is 1.80 bits per heavy atom. The van der Waals surface area contributed by atoms with Crippen molar-refractivity contribution in [2.45, 2.75) is 12.8 Å². The molecule has 0 unspecified atom stereocenters. The number of hydrogen-bond acceptors (Lipinski definition) is 5. The summed E-state index contributed by atoms with van der Waals surface area (Å²) in [6, 6.07) is 9.59. The molecule has 2 aromatic rings. The Labute approximate surface area is 151 Å². The van der Waals surface area contributed by atoms with Crippen molar-refractivity contribution in [3.63, 3.8) is 0 Å². The molecule has 3 rings (SSSR count). The topological polar surface area (TPSA) is 62.7 Å². The predicted molar refractivity (Wildman–Crippen MR) is 95.8 cm³/mol. The standard InChI is InChI=1S/C18H21N3O3S/c22-17(7-4-12-24-15-5-2-1-3-6-15)20-8-10-21(11-9-20)18(23)16-13-25-14-19-16/h1-3,5-6,13-14H,4,7-12H2. The van der Waals surface area contributed by atoms with Crippen LogP contribution in [0, 0.1) is 0 Å². The molecule has 1 aliphatic rings. The number of carbonyl (C=O) groups is 2. The molecule has 6 nitrogen and oxygen atoms in total. The number of ether oxygens (including phenoxy) is 1. The first-order chi connectivity index (χ1) is 12.2. The Kier molecular flexibility index (Phi) is 6.00. The number of carbonyl (C=O) groups excluding carboxylic acids is 2. The van der Waals surface area contributed by atoms with Crippen LogP contribution in [-0.4, -0.2) is 59.4 Å². The molecule has 0 radical (unpaired) electrons. The Bertz CT molecular complexity index is 683. The molecule has 0 spiro atoms. The third-order valence-corrected chi connectivity index (χ3v) is 4.70. The first-order valence-corrected chi connectivity index (χ1v) is 9.31. The Hall–Kier alpha value is -2.41. The summed E-state index contributed by atoms with van der Waals surface area (Å²) in [7, 11) is 0. The fourth-order valence-electron chi connectivity index (χ4n) is 2.73. The van der Waals surface area contributed by atoms with Gasteiger partial charge >= 0.3 is 0 Å². The van der Waals surface area contributed by atoms with Gasteiger partial charge in [-0.1, -0.05) is 18.2 Å². The molecule has 0 saturated carbocycles. The van der Waals surface area contributed by atoms with Crippen molar-refractivity contribution in [2.24, 2.45) is 0 Å². The molecule has 0 aliphatic carbocycles. The predicted octanol–water partition coefficient (Wildman–Crippen LogP) is 2.29. The van der Waals surface area contributed by atoms with E-state index in [0.29, 0.717) is 51.3 Å². The van der Waals surface area contributed by atoms with Crippen LogP contribution < -0.4 is 4.74 Å². The number of amides is 2. The van der Waals surface area contributed by atoms with Crippen LogP contribution in [0.4, 0.5) is 0 Å². The SMILES string of the molecule is O=C(CCCOc1ccccc1)N1CCN(C(=O)c2cscn2)CC1. The van der Waals surface area contributed by atoms with Crippen LogP contribution in [0.5, 0.6) is 5.75 Å². The third kappa shape index (κ3) is 4.79. The third-order valence-electron chi connectivity index (χ3n) is 4.12. The average Bonchev–Trinajstić information content (AvgIpc) is 3.20. The molecule has 1 aromatic heterocycles. The maximum Gasteiger partial charge on any atom is 0.273 e. The van der Waals surface area contributed by atoms with E-state index in [1.807, 2.05) is 35.2 Å². The minimum atomic E-state index is -0.0513. The van der Waals surface area contributed by atoms with E-state index < -0.39 is 0 Å². The van der Waals surface area contributed by atoms with Crippen LogP contribution in [0.1, 0.15) is 23.3 Å². The van der Waals surface area contributed by atoms with Crippen molar-refractivity contribution in [1.82, 2.24) is 14.8 Å². The fourth-order valence-corrected chi connectivity index (χ4v) is 3.25. The molecule has 25 heavy (non-hydrogen) atoms. The second-order valence-electron chi connectivity index (χ2n) is 5.81. The zero-order chi connectivity index (χ0) is 17.5. The highest BCUT2D eigenvalue weighted by atomic mass is 32.1. The Balaban J connectivity index is 1.36. The van der Waals surface area contributed by atoms with Gasteiger partial charge in [0.1, 0.15) is 11.4 Å².